The van der Waals surface area contributed by atoms with E-state index in [1.807, 2.05) is 6.92 Å². The van der Waals surface area contributed by atoms with Crippen molar-refractivity contribution in [2.24, 2.45) is 5.92 Å². The van der Waals surface area contributed by atoms with E-state index >= 15 is 0 Å². The first-order chi connectivity index (χ1) is 7.18. The molecular weight excluding hydrogens is 196 g/mol. The lowest BCUT2D eigenvalue weighted by atomic mass is 9.86. The van der Waals surface area contributed by atoms with E-state index < -0.39 is 5.97 Å². The molecule has 1 fully saturated rings. The molecule has 6 nitrogen and oxygen atoms in total. The monoisotopic (exact) mass is 210 g/mol. The highest BCUT2D eigenvalue weighted by molar-refractivity contribution is 5.69. The average Bonchev–Trinajstić information content (AvgIpc) is 2.65. The largest absolute Gasteiger partial charge is 0.481 e. The van der Waals surface area contributed by atoms with E-state index in [0.29, 0.717) is 0 Å². The lowest BCUT2D eigenvalue weighted by Gasteiger charge is -2.25. The normalized spacial score (nSPS) is 26.5. The highest BCUT2D eigenvalue weighted by Gasteiger charge is 2.27. The van der Waals surface area contributed by atoms with Gasteiger partial charge in [-0.1, -0.05) is 0 Å². The molecule has 0 bridgehead atoms. The maximum atomic E-state index is 10.8. The topological polar surface area (TPSA) is 80.9 Å². The van der Waals surface area contributed by atoms with Crippen LogP contribution in [0.15, 0.2) is 0 Å². The van der Waals surface area contributed by atoms with Crippen LogP contribution in [0.5, 0.6) is 0 Å². The number of hydrogen-bond acceptors (Lipinski definition) is 4. The van der Waals surface area contributed by atoms with E-state index in [1.54, 1.807) is 4.68 Å². The Kier molecular flexibility index (Phi) is 2.66. The van der Waals surface area contributed by atoms with Gasteiger partial charge in [0.1, 0.15) is 5.82 Å². The second-order valence-electron chi connectivity index (χ2n) is 4.01. The van der Waals surface area contributed by atoms with Crippen LogP contribution < -0.4 is 0 Å². The Morgan fingerprint density at radius 2 is 2.07 bits per heavy atom. The van der Waals surface area contributed by atoms with Crippen LogP contribution in [0.25, 0.3) is 0 Å². The van der Waals surface area contributed by atoms with E-state index in [2.05, 4.69) is 15.5 Å². The molecule has 0 radical (unpaired) electrons. The van der Waals surface area contributed by atoms with Gasteiger partial charge in [0.15, 0.2) is 0 Å². The maximum Gasteiger partial charge on any atom is 0.306 e. The third kappa shape index (κ3) is 1.98. The zero-order valence-electron chi connectivity index (χ0n) is 8.63. The molecule has 1 aromatic rings. The Hall–Kier alpha value is -1.46. The summed E-state index contributed by atoms with van der Waals surface area (Å²) in [6.45, 7) is 1.86. The molecule has 6 heteroatoms. The van der Waals surface area contributed by atoms with Crippen molar-refractivity contribution in [1.29, 1.82) is 0 Å². The lowest BCUT2D eigenvalue weighted by molar-refractivity contribution is -0.143. The first kappa shape index (κ1) is 10.1. The van der Waals surface area contributed by atoms with Crippen molar-refractivity contribution in [1.82, 2.24) is 20.2 Å². The molecule has 1 saturated carbocycles. The fourth-order valence-corrected chi connectivity index (χ4v) is 2.14. The Morgan fingerprint density at radius 3 is 2.53 bits per heavy atom. The number of aryl methyl sites for hydroxylation is 1. The Bertz CT molecular complexity index is 355. The Morgan fingerprint density at radius 1 is 1.40 bits per heavy atom. The summed E-state index contributed by atoms with van der Waals surface area (Å²) in [5.41, 5.74) is 0. The number of tetrazole rings is 1. The molecule has 1 aromatic heterocycles. The summed E-state index contributed by atoms with van der Waals surface area (Å²) in [6.07, 6.45) is 3.14. The van der Waals surface area contributed by atoms with E-state index in [-0.39, 0.29) is 12.0 Å². The Balaban J connectivity index is 2.00. The highest BCUT2D eigenvalue weighted by atomic mass is 16.4. The molecule has 1 heterocycles. The van der Waals surface area contributed by atoms with Crippen molar-refractivity contribution in [3.8, 4) is 0 Å². The zero-order chi connectivity index (χ0) is 10.8. The number of nitrogens with zero attached hydrogens (tertiary/aromatic N) is 4. The molecule has 1 N–H and O–H groups in total. The molecule has 15 heavy (non-hydrogen) atoms. The minimum Gasteiger partial charge on any atom is -0.481 e. The van der Waals surface area contributed by atoms with Crippen LogP contribution >= 0.6 is 0 Å². The number of aromatic nitrogens is 4. The minimum atomic E-state index is -0.679. The summed E-state index contributed by atoms with van der Waals surface area (Å²) >= 11 is 0. The van der Waals surface area contributed by atoms with Gasteiger partial charge in [-0.15, -0.1) is 5.10 Å². The van der Waals surface area contributed by atoms with Crippen molar-refractivity contribution in [2.75, 3.05) is 0 Å². The summed E-state index contributed by atoms with van der Waals surface area (Å²) in [6, 6.07) is 0.274. The average molecular weight is 210 g/mol. The van der Waals surface area contributed by atoms with Crippen LogP contribution in [-0.4, -0.2) is 31.3 Å². The summed E-state index contributed by atoms with van der Waals surface area (Å²) in [5, 5.41) is 20.2. The van der Waals surface area contributed by atoms with Crippen molar-refractivity contribution in [3.63, 3.8) is 0 Å². The third-order valence-corrected chi connectivity index (χ3v) is 3.05. The maximum absolute atomic E-state index is 10.8. The van der Waals surface area contributed by atoms with E-state index in [1.165, 1.54) is 0 Å². The number of hydrogen-bond donors (Lipinski definition) is 1. The standard InChI is InChI=1S/C9H14N4O2/c1-6-10-11-12-13(6)8-4-2-7(3-5-8)9(14)15/h7-8H,2-5H2,1H3,(H,14,15). The van der Waals surface area contributed by atoms with Crippen LogP contribution in [0.3, 0.4) is 0 Å². The molecule has 2 rings (SSSR count). The first-order valence-electron chi connectivity index (χ1n) is 5.15. The fraction of sp³-hybridized carbons (Fsp3) is 0.778. The highest BCUT2D eigenvalue weighted by Crippen LogP contribution is 2.31. The van der Waals surface area contributed by atoms with Gasteiger partial charge in [0, 0.05) is 0 Å². The number of rotatable bonds is 2. The molecule has 0 atom stereocenters. The minimum absolute atomic E-state index is 0.182. The Labute approximate surface area is 87.3 Å². The number of aliphatic carboxylic acids is 1. The molecule has 0 amide bonds. The molecule has 0 saturated heterocycles. The van der Waals surface area contributed by atoms with Gasteiger partial charge >= 0.3 is 5.97 Å². The van der Waals surface area contributed by atoms with Crippen LogP contribution in [0.1, 0.15) is 37.5 Å². The summed E-state index contributed by atoms with van der Waals surface area (Å²) < 4.78 is 1.80. The van der Waals surface area contributed by atoms with Gasteiger partial charge in [-0.2, -0.15) is 0 Å². The molecule has 0 unspecified atom stereocenters. The smallest absolute Gasteiger partial charge is 0.306 e. The summed E-state index contributed by atoms with van der Waals surface area (Å²) in [5.74, 6) is -0.0614. The van der Waals surface area contributed by atoms with Crippen molar-refractivity contribution in [3.05, 3.63) is 5.82 Å². The fourth-order valence-electron chi connectivity index (χ4n) is 2.14. The molecule has 82 valence electrons. The quantitative estimate of drug-likeness (QED) is 0.780. The lowest BCUT2D eigenvalue weighted by Crippen LogP contribution is -2.24. The van der Waals surface area contributed by atoms with Gasteiger partial charge < -0.3 is 5.11 Å². The van der Waals surface area contributed by atoms with Gasteiger partial charge in [0.05, 0.1) is 12.0 Å². The molecule has 0 aliphatic heterocycles. The van der Waals surface area contributed by atoms with Gasteiger partial charge in [-0.3, -0.25) is 4.79 Å². The van der Waals surface area contributed by atoms with Crippen LogP contribution in [-0.2, 0) is 4.79 Å². The van der Waals surface area contributed by atoms with Crippen molar-refractivity contribution >= 4 is 5.97 Å². The van der Waals surface area contributed by atoms with Gasteiger partial charge in [0.25, 0.3) is 0 Å². The first-order valence-corrected chi connectivity index (χ1v) is 5.15. The van der Waals surface area contributed by atoms with Crippen LogP contribution in [0, 0.1) is 12.8 Å². The van der Waals surface area contributed by atoms with Crippen LogP contribution in [0.2, 0.25) is 0 Å². The zero-order valence-corrected chi connectivity index (χ0v) is 8.63. The van der Waals surface area contributed by atoms with E-state index in [0.717, 1.165) is 31.5 Å². The molecule has 0 spiro atoms. The van der Waals surface area contributed by atoms with Gasteiger partial charge in [-0.05, 0) is 43.0 Å². The second-order valence-corrected chi connectivity index (χ2v) is 4.01. The number of carboxylic acid groups (broad SMARTS) is 1. The molecule has 0 aromatic carbocycles. The molecule has 1 aliphatic carbocycles. The SMILES string of the molecule is Cc1nnnn1C1CCC(C(=O)O)CC1. The van der Waals surface area contributed by atoms with Gasteiger partial charge in [-0.25, -0.2) is 4.68 Å². The predicted octanol–water partition coefficient (Wildman–Crippen LogP) is 0.797. The third-order valence-electron chi connectivity index (χ3n) is 3.05. The van der Waals surface area contributed by atoms with E-state index in [9.17, 15) is 4.79 Å². The number of carboxylic acids is 1. The summed E-state index contributed by atoms with van der Waals surface area (Å²) in [4.78, 5) is 10.8. The summed E-state index contributed by atoms with van der Waals surface area (Å²) in [7, 11) is 0. The molecule has 1 aliphatic rings. The van der Waals surface area contributed by atoms with Crippen molar-refractivity contribution in [2.45, 2.75) is 38.6 Å². The van der Waals surface area contributed by atoms with E-state index in [4.69, 9.17) is 5.11 Å². The van der Waals surface area contributed by atoms with Crippen molar-refractivity contribution < 1.29 is 9.90 Å². The van der Waals surface area contributed by atoms with Gasteiger partial charge in [0.2, 0.25) is 0 Å². The number of carbonyl (C=O) groups is 1. The molecular formula is C9H14N4O2. The second kappa shape index (κ2) is 3.96. The van der Waals surface area contributed by atoms with Crippen LogP contribution in [0.4, 0.5) is 0 Å². The predicted molar refractivity (Wildman–Crippen MR) is 51.2 cm³/mol.